The van der Waals surface area contributed by atoms with E-state index in [4.69, 9.17) is 5.73 Å². The van der Waals surface area contributed by atoms with Gasteiger partial charge in [0.05, 0.1) is 0 Å². The summed E-state index contributed by atoms with van der Waals surface area (Å²) in [5.41, 5.74) is 7.07. The van der Waals surface area contributed by atoms with Crippen molar-refractivity contribution in [1.29, 1.82) is 0 Å². The summed E-state index contributed by atoms with van der Waals surface area (Å²) in [5, 5.41) is 0. The number of benzene rings is 1. The smallest absolute Gasteiger partial charge is 0.254 e. The van der Waals surface area contributed by atoms with Crippen LogP contribution in [0.3, 0.4) is 0 Å². The third kappa shape index (κ3) is 4.69. The highest BCUT2D eigenvalue weighted by Crippen LogP contribution is 2.19. The van der Waals surface area contributed by atoms with Gasteiger partial charge < -0.3 is 15.5 Å². The molecule has 1 amide bonds. The van der Waals surface area contributed by atoms with Crippen LogP contribution in [0.25, 0.3) is 0 Å². The van der Waals surface area contributed by atoms with Gasteiger partial charge in [-0.15, -0.1) is 0 Å². The fraction of sp³-hybridized carbons (Fsp3) is 0.533. The van der Waals surface area contributed by atoms with E-state index in [-0.39, 0.29) is 5.91 Å². The highest BCUT2D eigenvalue weighted by atomic mass is 79.9. The molecule has 1 aliphatic rings. The summed E-state index contributed by atoms with van der Waals surface area (Å²) in [4.78, 5) is 19.0. The van der Waals surface area contributed by atoms with E-state index in [1.165, 1.54) is 0 Å². The van der Waals surface area contributed by atoms with Crippen molar-refractivity contribution < 1.29 is 4.79 Å². The zero-order valence-electron chi connectivity index (χ0n) is 12.7. The number of anilines is 1. The number of rotatable bonds is 4. The molecule has 6 heteroatoms. The van der Waals surface area contributed by atoms with Crippen LogP contribution in [-0.4, -0.2) is 74.0 Å². The molecule has 2 N–H and O–H groups in total. The maximum atomic E-state index is 12.5. The Balaban J connectivity index is 1.91. The second kappa shape index (κ2) is 7.24. The molecule has 0 spiro atoms. The molecule has 0 bridgehead atoms. The highest BCUT2D eigenvalue weighted by Gasteiger charge is 2.22. The highest BCUT2D eigenvalue weighted by molar-refractivity contribution is 9.10. The molecule has 0 radical (unpaired) electrons. The predicted molar refractivity (Wildman–Crippen MR) is 89.5 cm³/mol. The number of nitrogen functional groups attached to an aromatic ring is 1. The first-order valence-electron chi connectivity index (χ1n) is 7.18. The Labute approximate surface area is 134 Å². The lowest BCUT2D eigenvalue weighted by atomic mass is 10.1. The van der Waals surface area contributed by atoms with Gasteiger partial charge in [-0.2, -0.15) is 0 Å². The number of carbonyl (C=O) groups is 1. The normalized spacial score (nSPS) is 16.5. The van der Waals surface area contributed by atoms with Crippen molar-refractivity contribution in [3.63, 3.8) is 0 Å². The molecule has 1 aliphatic heterocycles. The molecular weight excluding hydrogens is 332 g/mol. The third-order valence-electron chi connectivity index (χ3n) is 3.69. The summed E-state index contributed by atoms with van der Waals surface area (Å²) in [6.07, 6.45) is 0. The molecule has 0 aromatic heterocycles. The molecule has 0 aliphatic carbocycles. The van der Waals surface area contributed by atoms with Gasteiger partial charge in [0.1, 0.15) is 0 Å². The molecule has 21 heavy (non-hydrogen) atoms. The molecule has 1 heterocycles. The summed E-state index contributed by atoms with van der Waals surface area (Å²) >= 11 is 3.39. The summed E-state index contributed by atoms with van der Waals surface area (Å²) in [6.45, 7) is 5.53. The van der Waals surface area contributed by atoms with E-state index >= 15 is 0 Å². The van der Waals surface area contributed by atoms with Crippen molar-refractivity contribution in [2.45, 2.75) is 0 Å². The molecule has 116 valence electrons. The van der Waals surface area contributed by atoms with E-state index in [1.54, 1.807) is 12.1 Å². The quantitative estimate of drug-likeness (QED) is 0.829. The number of nitrogens with two attached hydrogens (primary N) is 1. The standard InChI is InChI=1S/C15H23BrN4O/c1-18(2)3-4-19-5-7-20(8-6-19)15(21)12-9-13(16)11-14(17)10-12/h9-11H,3-8,17H2,1-2H3. The van der Waals surface area contributed by atoms with E-state index in [0.29, 0.717) is 11.3 Å². The van der Waals surface area contributed by atoms with E-state index in [2.05, 4.69) is 39.8 Å². The van der Waals surface area contributed by atoms with Crippen molar-refractivity contribution in [1.82, 2.24) is 14.7 Å². The Morgan fingerprint density at radius 2 is 1.90 bits per heavy atom. The topological polar surface area (TPSA) is 52.8 Å². The second-order valence-electron chi connectivity index (χ2n) is 5.71. The molecule has 5 nitrogen and oxygen atoms in total. The molecule has 0 atom stereocenters. The van der Waals surface area contributed by atoms with E-state index in [1.807, 2.05) is 11.0 Å². The zero-order chi connectivity index (χ0) is 15.4. The number of carbonyl (C=O) groups excluding carboxylic acids is 1. The lowest BCUT2D eigenvalue weighted by Crippen LogP contribution is -2.50. The van der Waals surface area contributed by atoms with Crippen molar-refractivity contribution in [3.05, 3.63) is 28.2 Å². The number of likely N-dealkylation sites (N-methyl/N-ethyl adjacent to an activating group) is 1. The number of amides is 1. The number of nitrogens with zero attached hydrogens (tertiary/aromatic N) is 3. The van der Waals surface area contributed by atoms with Gasteiger partial charge in [-0.1, -0.05) is 15.9 Å². The number of hydrogen-bond acceptors (Lipinski definition) is 4. The minimum Gasteiger partial charge on any atom is -0.399 e. The van der Waals surface area contributed by atoms with Gasteiger partial charge >= 0.3 is 0 Å². The fourth-order valence-electron chi connectivity index (χ4n) is 2.43. The van der Waals surface area contributed by atoms with Crippen LogP contribution in [-0.2, 0) is 0 Å². The van der Waals surface area contributed by atoms with Gasteiger partial charge in [0, 0.05) is 55.0 Å². The van der Waals surface area contributed by atoms with Crippen molar-refractivity contribution in [3.8, 4) is 0 Å². The molecule has 0 unspecified atom stereocenters. The molecule has 1 saturated heterocycles. The minimum absolute atomic E-state index is 0.0651. The average Bonchev–Trinajstić information content (AvgIpc) is 2.44. The summed E-state index contributed by atoms with van der Waals surface area (Å²) in [5.74, 6) is 0.0651. The number of piperazine rings is 1. The van der Waals surface area contributed by atoms with Crippen LogP contribution < -0.4 is 5.73 Å². The monoisotopic (exact) mass is 354 g/mol. The van der Waals surface area contributed by atoms with Crippen LogP contribution in [0.5, 0.6) is 0 Å². The third-order valence-corrected chi connectivity index (χ3v) is 4.15. The number of hydrogen-bond donors (Lipinski definition) is 1. The Morgan fingerprint density at radius 1 is 1.24 bits per heavy atom. The van der Waals surface area contributed by atoms with E-state index in [9.17, 15) is 4.79 Å². The Hall–Kier alpha value is -1.11. The minimum atomic E-state index is 0.0651. The Kier molecular flexibility index (Phi) is 5.61. The van der Waals surface area contributed by atoms with Crippen molar-refractivity contribution in [2.24, 2.45) is 0 Å². The van der Waals surface area contributed by atoms with Crippen LogP contribution >= 0.6 is 15.9 Å². The molecule has 1 fully saturated rings. The van der Waals surface area contributed by atoms with E-state index < -0.39 is 0 Å². The van der Waals surface area contributed by atoms with E-state index in [0.717, 1.165) is 43.7 Å². The lowest BCUT2D eigenvalue weighted by Gasteiger charge is -2.35. The largest absolute Gasteiger partial charge is 0.399 e. The average molecular weight is 355 g/mol. The van der Waals surface area contributed by atoms with Crippen molar-refractivity contribution in [2.75, 3.05) is 59.1 Å². The van der Waals surface area contributed by atoms with Crippen LogP contribution in [0.4, 0.5) is 5.69 Å². The SMILES string of the molecule is CN(C)CCN1CCN(C(=O)c2cc(N)cc(Br)c2)CC1. The lowest BCUT2D eigenvalue weighted by molar-refractivity contribution is 0.0629. The fourth-order valence-corrected chi connectivity index (χ4v) is 2.95. The van der Waals surface area contributed by atoms with Gasteiger partial charge in [0.2, 0.25) is 0 Å². The maximum Gasteiger partial charge on any atom is 0.254 e. The first-order chi connectivity index (χ1) is 9.95. The molecule has 1 aromatic rings. The van der Waals surface area contributed by atoms with Gasteiger partial charge in [-0.3, -0.25) is 9.69 Å². The molecular formula is C15H23BrN4O. The maximum absolute atomic E-state index is 12.5. The van der Waals surface area contributed by atoms with Crippen molar-refractivity contribution >= 4 is 27.5 Å². The first kappa shape index (κ1) is 16.3. The Bertz CT molecular complexity index is 478. The summed E-state index contributed by atoms with van der Waals surface area (Å²) in [7, 11) is 4.16. The molecule has 1 aromatic carbocycles. The van der Waals surface area contributed by atoms with Gasteiger partial charge in [-0.05, 0) is 32.3 Å². The molecule has 0 saturated carbocycles. The predicted octanol–water partition coefficient (Wildman–Crippen LogP) is 1.35. The van der Waals surface area contributed by atoms with Crippen LogP contribution in [0, 0.1) is 0 Å². The Morgan fingerprint density at radius 3 is 2.48 bits per heavy atom. The first-order valence-corrected chi connectivity index (χ1v) is 7.97. The van der Waals surface area contributed by atoms with Crippen LogP contribution in [0.15, 0.2) is 22.7 Å². The van der Waals surface area contributed by atoms with Gasteiger partial charge in [-0.25, -0.2) is 0 Å². The van der Waals surface area contributed by atoms with Crippen LogP contribution in [0.2, 0.25) is 0 Å². The van der Waals surface area contributed by atoms with Gasteiger partial charge in [0.25, 0.3) is 5.91 Å². The zero-order valence-corrected chi connectivity index (χ0v) is 14.3. The second-order valence-corrected chi connectivity index (χ2v) is 6.63. The molecule has 2 rings (SSSR count). The summed E-state index contributed by atoms with van der Waals surface area (Å²) < 4.78 is 0.843. The summed E-state index contributed by atoms with van der Waals surface area (Å²) in [6, 6.07) is 5.37. The van der Waals surface area contributed by atoms with Gasteiger partial charge in [0.15, 0.2) is 0 Å². The van der Waals surface area contributed by atoms with Crippen LogP contribution in [0.1, 0.15) is 10.4 Å². The number of halogens is 1.